The molecule has 2 aromatic carbocycles. The van der Waals surface area contributed by atoms with Gasteiger partial charge in [-0.15, -0.1) is 10.2 Å². The van der Waals surface area contributed by atoms with E-state index in [4.69, 9.17) is 4.74 Å². The van der Waals surface area contributed by atoms with Gasteiger partial charge in [-0.1, -0.05) is 47.2 Å². The second-order valence-corrected chi connectivity index (χ2v) is 7.04. The Balaban J connectivity index is 1.48. The van der Waals surface area contributed by atoms with Crippen molar-refractivity contribution in [2.24, 2.45) is 0 Å². The lowest BCUT2D eigenvalue weighted by atomic mass is 10.2. The van der Waals surface area contributed by atoms with E-state index in [0.29, 0.717) is 16.4 Å². The highest BCUT2D eigenvalue weighted by molar-refractivity contribution is 7.18. The van der Waals surface area contributed by atoms with Crippen molar-refractivity contribution in [3.63, 3.8) is 0 Å². The third kappa shape index (κ3) is 5.14. The van der Waals surface area contributed by atoms with Gasteiger partial charge in [-0.2, -0.15) is 0 Å². The number of anilines is 1. The first-order valence-corrected chi connectivity index (χ1v) is 9.49. The Morgan fingerprint density at radius 1 is 1.11 bits per heavy atom. The zero-order chi connectivity index (χ0) is 19.9. The van der Waals surface area contributed by atoms with Gasteiger partial charge in [0, 0.05) is 24.1 Å². The van der Waals surface area contributed by atoms with E-state index in [0.717, 1.165) is 16.1 Å². The van der Waals surface area contributed by atoms with Crippen LogP contribution in [0, 0.1) is 6.92 Å². The number of ether oxygens (including phenoxy) is 1. The predicted molar refractivity (Wildman–Crippen MR) is 109 cm³/mol. The summed E-state index contributed by atoms with van der Waals surface area (Å²) in [7, 11) is 1.54. The standard InChI is InChI=1S/C20H20N4O3S/c1-13-6-8-14(9-7-13)19-23-24-20(28-19)22-17(25)10-11-21-18(26)15-4-3-5-16(12-15)27-2/h3-9,12H,10-11H2,1-2H3,(H,21,26)(H,22,24,25). The summed E-state index contributed by atoms with van der Waals surface area (Å²) < 4.78 is 5.10. The van der Waals surface area contributed by atoms with Crippen LogP contribution in [0.3, 0.4) is 0 Å². The van der Waals surface area contributed by atoms with Gasteiger partial charge in [-0.3, -0.25) is 9.59 Å². The number of hydrogen-bond acceptors (Lipinski definition) is 6. The number of aromatic nitrogens is 2. The van der Waals surface area contributed by atoms with E-state index in [1.54, 1.807) is 31.4 Å². The van der Waals surface area contributed by atoms with Gasteiger partial charge >= 0.3 is 0 Å². The number of amides is 2. The van der Waals surface area contributed by atoms with Crippen LogP contribution in [0.4, 0.5) is 5.13 Å². The molecule has 0 bridgehead atoms. The molecule has 7 nitrogen and oxygen atoms in total. The average molecular weight is 396 g/mol. The van der Waals surface area contributed by atoms with E-state index in [-0.39, 0.29) is 24.8 Å². The van der Waals surface area contributed by atoms with Crippen LogP contribution in [-0.2, 0) is 4.79 Å². The van der Waals surface area contributed by atoms with Crippen LogP contribution in [0.25, 0.3) is 10.6 Å². The summed E-state index contributed by atoms with van der Waals surface area (Å²) in [6.07, 6.45) is 0.134. The maximum Gasteiger partial charge on any atom is 0.251 e. The lowest BCUT2D eigenvalue weighted by Gasteiger charge is -2.06. The molecule has 3 aromatic rings. The fraction of sp³-hybridized carbons (Fsp3) is 0.200. The quantitative estimate of drug-likeness (QED) is 0.639. The number of rotatable bonds is 7. The zero-order valence-corrected chi connectivity index (χ0v) is 16.4. The van der Waals surface area contributed by atoms with Gasteiger partial charge in [0.1, 0.15) is 10.8 Å². The summed E-state index contributed by atoms with van der Waals surface area (Å²) in [6, 6.07) is 14.8. The molecule has 0 saturated carbocycles. The molecule has 2 N–H and O–H groups in total. The highest BCUT2D eigenvalue weighted by Crippen LogP contribution is 2.26. The molecule has 1 heterocycles. The van der Waals surface area contributed by atoms with Crippen molar-refractivity contribution < 1.29 is 14.3 Å². The molecule has 0 aliphatic heterocycles. The number of carbonyl (C=O) groups is 2. The third-order valence-corrected chi connectivity index (χ3v) is 4.83. The Labute approximate surface area is 166 Å². The molecule has 0 aliphatic rings. The first-order valence-electron chi connectivity index (χ1n) is 8.68. The number of nitrogens with one attached hydrogen (secondary N) is 2. The fourth-order valence-electron chi connectivity index (χ4n) is 2.42. The Morgan fingerprint density at radius 2 is 1.89 bits per heavy atom. The van der Waals surface area contributed by atoms with E-state index in [1.165, 1.54) is 11.3 Å². The molecule has 0 atom stereocenters. The average Bonchev–Trinajstić information content (AvgIpc) is 3.16. The highest BCUT2D eigenvalue weighted by atomic mass is 32.1. The summed E-state index contributed by atoms with van der Waals surface area (Å²) in [5.74, 6) is 0.105. The normalized spacial score (nSPS) is 10.4. The minimum absolute atomic E-state index is 0.134. The summed E-state index contributed by atoms with van der Waals surface area (Å²) in [6.45, 7) is 2.23. The van der Waals surface area contributed by atoms with Crippen LogP contribution in [-0.4, -0.2) is 35.7 Å². The molecule has 1 aromatic heterocycles. The molecule has 144 valence electrons. The fourth-order valence-corrected chi connectivity index (χ4v) is 3.19. The van der Waals surface area contributed by atoms with E-state index in [2.05, 4.69) is 20.8 Å². The monoisotopic (exact) mass is 396 g/mol. The molecule has 0 aliphatic carbocycles. The van der Waals surface area contributed by atoms with Crippen molar-refractivity contribution in [3.05, 3.63) is 59.7 Å². The Bertz CT molecular complexity index is 970. The molecule has 28 heavy (non-hydrogen) atoms. The number of hydrogen-bond donors (Lipinski definition) is 2. The van der Waals surface area contributed by atoms with Crippen LogP contribution in [0.15, 0.2) is 48.5 Å². The molecule has 8 heteroatoms. The van der Waals surface area contributed by atoms with Gasteiger partial charge in [0.15, 0.2) is 0 Å². The largest absolute Gasteiger partial charge is 0.497 e. The summed E-state index contributed by atoms with van der Waals surface area (Å²) in [4.78, 5) is 24.2. The van der Waals surface area contributed by atoms with Crippen molar-refractivity contribution >= 4 is 28.3 Å². The Kier molecular flexibility index (Phi) is 6.33. The molecule has 0 spiro atoms. The highest BCUT2D eigenvalue weighted by Gasteiger charge is 2.11. The molecular formula is C20H20N4O3S. The first-order chi connectivity index (χ1) is 13.5. The minimum atomic E-state index is -0.260. The van der Waals surface area contributed by atoms with E-state index in [1.807, 2.05) is 31.2 Å². The smallest absolute Gasteiger partial charge is 0.251 e. The number of aryl methyl sites for hydroxylation is 1. The zero-order valence-electron chi connectivity index (χ0n) is 15.6. The number of methoxy groups -OCH3 is 1. The van der Waals surface area contributed by atoms with E-state index in [9.17, 15) is 9.59 Å². The van der Waals surface area contributed by atoms with E-state index >= 15 is 0 Å². The number of benzene rings is 2. The molecule has 3 rings (SSSR count). The molecule has 2 amide bonds. The van der Waals surface area contributed by atoms with E-state index < -0.39 is 0 Å². The van der Waals surface area contributed by atoms with Crippen LogP contribution in [0.2, 0.25) is 0 Å². The van der Waals surface area contributed by atoms with Gasteiger partial charge < -0.3 is 15.4 Å². The maximum atomic E-state index is 12.1. The van der Waals surface area contributed by atoms with Crippen molar-refractivity contribution in [2.45, 2.75) is 13.3 Å². The summed E-state index contributed by atoms with van der Waals surface area (Å²) >= 11 is 1.31. The van der Waals surface area contributed by atoms with Crippen molar-refractivity contribution in [1.29, 1.82) is 0 Å². The topological polar surface area (TPSA) is 93.2 Å². The minimum Gasteiger partial charge on any atom is -0.497 e. The first kappa shape index (κ1) is 19.5. The van der Waals surface area contributed by atoms with Gasteiger partial charge in [-0.05, 0) is 25.1 Å². The Hall–Kier alpha value is -3.26. The van der Waals surface area contributed by atoms with Crippen molar-refractivity contribution in [1.82, 2.24) is 15.5 Å². The predicted octanol–water partition coefficient (Wildman–Crippen LogP) is 3.28. The van der Waals surface area contributed by atoms with Gasteiger partial charge in [0.25, 0.3) is 5.91 Å². The molecular weight excluding hydrogens is 376 g/mol. The van der Waals surface area contributed by atoms with Gasteiger partial charge in [0.05, 0.1) is 7.11 Å². The molecule has 0 fully saturated rings. The summed E-state index contributed by atoms with van der Waals surface area (Å²) in [5.41, 5.74) is 2.60. The number of carbonyl (C=O) groups excluding carboxylic acids is 2. The van der Waals surface area contributed by atoms with Crippen LogP contribution >= 0.6 is 11.3 Å². The van der Waals surface area contributed by atoms with Crippen molar-refractivity contribution in [2.75, 3.05) is 19.0 Å². The van der Waals surface area contributed by atoms with Crippen LogP contribution in [0.5, 0.6) is 5.75 Å². The lowest BCUT2D eigenvalue weighted by Crippen LogP contribution is -2.27. The third-order valence-electron chi connectivity index (χ3n) is 3.94. The van der Waals surface area contributed by atoms with Crippen LogP contribution < -0.4 is 15.4 Å². The number of nitrogens with zero attached hydrogens (tertiary/aromatic N) is 2. The Morgan fingerprint density at radius 3 is 2.64 bits per heavy atom. The molecule has 0 unspecified atom stereocenters. The molecule has 0 saturated heterocycles. The second-order valence-electron chi connectivity index (χ2n) is 6.06. The summed E-state index contributed by atoms with van der Waals surface area (Å²) in [5, 5.41) is 14.7. The second kappa shape index (κ2) is 9.09. The van der Waals surface area contributed by atoms with Crippen molar-refractivity contribution in [3.8, 4) is 16.3 Å². The molecule has 0 radical (unpaired) electrons. The lowest BCUT2D eigenvalue weighted by molar-refractivity contribution is -0.116. The SMILES string of the molecule is COc1cccc(C(=O)NCCC(=O)Nc2nnc(-c3ccc(C)cc3)s2)c1. The maximum absolute atomic E-state index is 12.1. The van der Waals surface area contributed by atoms with Gasteiger partial charge in [0.2, 0.25) is 11.0 Å². The van der Waals surface area contributed by atoms with Gasteiger partial charge in [-0.25, -0.2) is 0 Å². The van der Waals surface area contributed by atoms with Crippen LogP contribution in [0.1, 0.15) is 22.3 Å².